The van der Waals surface area contributed by atoms with E-state index in [9.17, 15) is 26.4 Å². The first kappa shape index (κ1) is 26.7. The molecule has 0 unspecified atom stereocenters. The van der Waals surface area contributed by atoms with Crippen molar-refractivity contribution in [3.8, 4) is 0 Å². The second-order valence-electron chi connectivity index (χ2n) is 9.55. The summed E-state index contributed by atoms with van der Waals surface area (Å²) in [7, 11) is -2.03. The number of nitrogens with zero attached hydrogens (tertiary/aromatic N) is 6. The zero-order valence-electron chi connectivity index (χ0n) is 20.5. The molecule has 0 spiro atoms. The van der Waals surface area contributed by atoms with Gasteiger partial charge in [-0.15, -0.1) is 0 Å². The molecular weight excluding hydrogens is 545 g/mol. The predicted octanol–water partition coefficient (Wildman–Crippen LogP) is 3.26. The number of hydrogen-bond acceptors (Lipinski definition) is 7. The highest BCUT2D eigenvalue weighted by molar-refractivity contribution is 7.91. The Labute approximate surface area is 222 Å². The van der Waals surface area contributed by atoms with E-state index >= 15 is 0 Å². The minimum Gasteiger partial charge on any atom is -0.339 e. The topological polar surface area (TPSA) is 91.1 Å². The van der Waals surface area contributed by atoms with Crippen molar-refractivity contribution < 1.29 is 26.4 Å². The number of anilines is 2. The number of likely N-dealkylation sites (N-methyl/N-ethyl adjacent to an activating group) is 1. The number of aromatic nitrogens is 3. The van der Waals surface area contributed by atoms with E-state index < -0.39 is 28.0 Å². The number of halogens is 4. The van der Waals surface area contributed by atoms with Crippen LogP contribution >= 0.6 is 11.6 Å². The van der Waals surface area contributed by atoms with Crippen LogP contribution in [-0.4, -0.2) is 89.6 Å². The van der Waals surface area contributed by atoms with E-state index in [1.165, 1.54) is 12.1 Å². The molecule has 1 atom stereocenters. The number of hydrogen-bond donors (Lipinski definition) is 0. The molecular formula is C24H26ClF3N6O3S. The van der Waals surface area contributed by atoms with E-state index in [-0.39, 0.29) is 36.7 Å². The zero-order chi connectivity index (χ0) is 27.2. The molecule has 0 saturated carbocycles. The van der Waals surface area contributed by atoms with Crippen LogP contribution in [0.25, 0.3) is 5.65 Å². The van der Waals surface area contributed by atoms with Gasteiger partial charge < -0.3 is 9.80 Å². The molecule has 2 aliphatic heterocycles. The summed E-state index contributed by atoms with van der Waals surface area (Å²) in [5, 5.41) is 4.63. The van der Waals surface area contributed by atoms with Gasteiger partial charge in [-0.25, -0.2) is 17.9 Å². The summed E-state index contributed by atoms with van der Waals surface area (Å²) in [5.41, 5.74) is 2.97. The number of amides is 1. The molecule has 4 heterocycles. The molecule has 2 aromatic heterocycles. The Bertz CT molecular complexity index is 1450. The van der Waals surface area contributed by atoms with E-state index in [2.05, 4.69) is 10.1 Å². The molecule has 1 amide bonds. The molecule has 0 radical (unpaired) electrons. The number of aryl methyl sites for hydroxylation is 1. The van der Waals surface area contributed by atoms with E-state index in [1.54, 1.807) is 33.8 Å². The quantitative estimate of drug-likeness (QED) is 0.465. The number of carbonyl (C=O) groups is 1. The summed E-state index contributed by atoms with van der Waals surface area (Å²) in [4.78, 5) is 21.4. The second kappa shape index (κ2) is 10.0. The first-order valence-electron chi connectivity index (χ1n) is 12.1. The lowest BCUT2D eigenvalue weighted by Gasteiger charge is -2.34. The molecule has 1 fully saturated rings. The summed E-state index contributed by atoms with van der Waals surface area (Å²) >= 11 is 6.04. The third kappa shape index (κ3) is 5.32. The highest BCUT2D eigenvalue weighted by atomic mass is 35.5. The van der Waals surface area contributed by atoms with Crippen molar-refractivity contribution in [3.05, 3.63) is 52.9 Å². The van der Waals surface area contributed by atoms with Crippen molar-refractivity contribution in [1.82, 2.24) is 24.4 Å². The van der Waals surface area contributed by atoms with E-state index in [0.717, 1.165) is 31.3 Å². The fourth-order valence-electron chi connectivity index (χ4n) is 5.02. The molecule has 2 aliphatic rings. The van der Waals surface area contributed by atoms with Gasteiger partial charge in [0, 0.05) is 38.4 Å². The molecule has 1 saturated heterocycles. The predicted molar refractivity (Wildman–Crippen MR) is 136 cm³/mol. The Hall–Kier alpha value is -2.90. The third-order valence-corrected chi connectivity index (χ3v) is 8.82. The fraction of sp³-hybridized carbons (Fsp3) is 0.458. The third-order valence-electron chi connectivity index (χ3n) is 7.02. The molecule has 5 rings (SSSR count). The standard InChI is InChI=1S/C24H26ClF3N6O3S/c1-31(22(35)15-32-9-11-38(36,37)12-10-32)23(24(26,27)28)16-4-6-17(7-5-16)33-8-2-3-18-19(33)14-29-21-13-20(25)30-34(18)21/h4-7,13-14,23H,2-3,8-12,15H2,1H3/t23-/m0/s1. The summed E-state index contributed by atoms with van der Waals surface area (Å²) in [5.74, 6) is -0.946. The summed E-state index contributed by atoms with van der Waals surface area (Å²) in [6.07, 6.45) is -1.42. The fourth-order valence-corrected chi connectivity index (χ4v) is 6.47. The minimum absolute atomic E-state index is 0.0667. The second-order valence-corrected chi connectivity index (χ2v) is 12.2. The van der Waals surface area contributed by atoms with Gasteiger partial charge in [-0.2, -0.15) is 18.3 Å². The molecule has 1 aromatic carbocycles. The smallest absolute Gasteiger partial charge is 0.339 e. The van der Waals surface area contributed by atoms with E-state index in [4.69, 9.17) is 11.6 Å². The molecule has 0 bridgehead atoms. The van der Waals surface area contributed by atoms with Crippen LogP contribution in [-0.2, 0) is 21.1 Å². The van der Waals surface area contributed by atoms with Crippen LogP contribution in [0.1, 0.15) is 23.7 Å². The maximum Gasteiger partial charge on any atom is 0.413 e. The lowest BCUT2D eigenvalue weighted by atomic mass is 10.0. The van der Waals surface area contributed by atoms with E-state index in [0.29, 0.717) is 27.9 Å². The van der Waals surface area contributed by atoms with Crippen LogP contribution < -0.4 is 4.90 Å². The van der Waals surface area contributed by atoms with Crippen molar-refractivity contribution in [2.24, 2.45) is 0 Å². The molecule has 3 aromatic rings. The number of benzene rings is 1. The monoisotopic (exact) mass is 570 g/mol. The number of carbonyl (C=O) groups excluding carboxylic acids is 1. The highest BCUT2D eigenvalue weighted by Gasteiger charge is 2.45. The van der Waals surface area contributed by atoms with Crippen LogP contribution in [0.2, 0.25) is 5.15 Å². The Balaban J connectivity index is 1.37. The molecule has 9 nitrogen and oxygen atoms in total. The largest absolute Gasteiger partial charge is 0.413 e. The number of alkyl halides is 3. The lowest BCUT2D eigenvalue weighted by molar-refractivity contribution is -0.189. The minimum atomic E-state index is -4.70. The van der Waals surface area contributed by atoms with Gasteiger partial charge >= 0.3 is 6.18 Å². The molecule has 204 valence electrons. The van der Waals surface area contributed by atoms with Crippen LogP contribution in [0.15, 0.2) is 36.5 Å². The van der Waals surface area contributed by atoms with Gasteiger partial charge in [0.05, 0.1) is 35.6 Å². The Morgan fingerprint density at radius 2 is 1.84 bits per heavy atom. The first-order chi connectivity index (χ1) is 17.9. The Morgan fingerprint density at radius 1 is 1.16 bits per heavy atom. The summed E-state index contributed by atoms with van der Waals surface area (Å²) < 4.78 is 67.5. The van der Waals surface area contributed by atoms with Crippen molar-refractivity contribution in [3.63, 3.8) is 0 Å². The van der Waals surface area contributed by atoms with Gasteiger partial charge in [0.1, 0.15) is 0 Å². The Kier molecular flexibility index (Phi) is 7.03. The number of fused-ring (bicyclic) bond motifs is 3. The molecule has 38 heavy (non-hydrogen) atoms. The van der Waals surface area contributed by atoms with Gasteiger partial charge in [0.15, 0.2) is 26.7 Å². The number of sulfone groups is 1. The molecule has 14 heteroatoms. The maximum absolute atomic E-state index is 14.2. The van der Waals surface area contributed by atoms with Gasteiger partial charge in [0.2, 0.25) is 5.91 Å². The average Bonchev–Trinajstić information content (AvgIpc) is 3.25. The van der Waals surface area contributed by atoms with Crippen LogP contribution in [0.3, 0.4) is 0 Å². The number of rotatable bonds is 5. The van der Waals surface area contributed by atoms with Crippen molar-refractivity contribution in [2.75, 3.05) is 49.6 Å². The summed E-state index contributed by atoms with van der Waals surface area (Å²) in [6.45, 7) is 0.619. The van der Waals surface area contributed by atoms with Crippen LogP contribution in [0.5, 0.6) is 0 Å². The first-order valence-corrected chi connectivity index (χ1v) is 14.3. The molecule has 0 N–H and O–H groups in total. The van der Waals surface area contributed by atoms with E-state index in [1.807, 2.05) is 4.90 Å². The Morgan fingerprint density at radius 3 is 2.50 bits per heavy atom. The van der Waals surface area contributed by atoms with Crippen LogP contribution in [0, 0.1) is 0 Å². The summed E-state index contributed by atoms with van der Waals surface area (Å²) in [6, 6.07) is 5.51. The van der Waals surface area contributed by atoms with Crippen molar-refractivity contribution in [2.45, 2.75) is 25.1 Å². The van der Waals surface area contributed by atoms with Gasteiger partial charge in [-0.05, 0) is 30.5 Å². The molecule has 0 aliphatic carbocycles. The average molecular weight is 571 g/mol. The SMILES string of the molecule is CN(C(=O)CN1CCS(=O)(=O)CC1)[C@@H](c1ccc(N2CCCc3c2cnc2cc(Cl)nn32)cc1)C(F)(F)F. The van der Waals surface area contributed by atoms with Gasteiger partial charge in [-0.1, -0.05) is 23.7 Å². The van der Waals surface area contributed by atoms with Crippen molar-refractivity contribution in [1.29, 1.82) is 0 Å². The zero-order valence-corrected chi connectivity index (χ0v) is 22.1. The highest BCUT2D eigenvalue weighted by Crippen LogP contribution is 2.39. The lowest BCUT2D eigenvalue weighted by Crippen LogP contribution is -2.48. The van der Waals surface area contributed by atoms with Crippen molar-refractivity contribution >= 4 is 44.4 Å². The van der Waals surface area contributed by atoms with Gasteiger partial charge in [0.25, 0.3) is 0 Å². The normalized spacial score (nSPS) is 18.8. The van der Waals surface area contributed by atoms with Crippen LogP contribution in [0.4, 0.5) is 24.5 Å². The van der Waals surface area contributed by atoms with Gasteiger partial charge in [-0.3, -0.25) is 9.69 Å². The maximum atomic E-state index is 14.2.